The first-order valence-corrected chi connectivity index (χ1v) is 8.27. The highest BCUT2D eigenvalue weighted by Crippen LogP contribution is 2.21. The summed E-state index contributed by atoms with van der Waals surface area (Å²) < 4.78 is 1.67. The Balaban J connectivity index is 1.71. The van der Waals surface area contributed by atoms with Gasteiger partial charge in [0.05, 0.1) is 18.3 Å². The SMILES string of the molecule is Cc1cc(NC(=O)CNC(c2ccccc2)c2ccccc2)n(C)n1. The number of hydrogen-bond acceptors (Lipinski definition) is 3. The van der Waals surface area contributed by atoms with Gasteiger partial charge in [-0.25, -0.2) is 0 Å². The molecule has 0 saturated heterocycles. The van der Waals surface area contributed by atoms with Gasteiger partial charge >= 0.3 is 0 Å². The van der Waals surface area contributed by atoms with Crippen LogP contribution in [0, 0.1) is 6.92 Å². The molecule has 0 bridgehead atoms. The minimum absolute atomic E-state index is 0.0403. The molecule has 0 aliphatic carbocycles. The third-order valence-electron chi connectivity index (χ3n) is 4.00. The summed E-state index contributed by atoms with van der Waals surface area (Å²) in [5.41, 5.74) is 3.12. The van der Waals surface area contributed by atoms with Crippen LogP contribution in [0.15, 0.2) is 66.7 Å². The van der Waals surface area contributed by atoms with Crippen molar-refractivity contribution in [3.63, 3.8) is 0 Å². The van der Waals surface area contributed by atoms with Gasteiger partial charge < -0.3 is 5.32 Å². The fourth-order valence-corrected chi connectivity index (χ4v) is 2.83. The van der Waals surface area contributed by atoms with Crippen LogP contribution in [0.2, 0.25) is 0 Å². The van der Waals surface area contributed by atoms with Crippen LogP contribution in [0.3, 0.4) is 0 Å². The highest BCUT2D eigenvalue weighted by molar-refractivity contribution is 5.91. The van der Waals surface area contributed by atoms with E-state index in [0.717, 1.165) is 16.8 Å². The summed E-state index contributed by atoms with van der Waals surface area (Å²) in [5, 5.41) is 10.5. The normalized spacial score (nSPS) is 10.8. The van der Waals surface area contributed by atoms with E-state index < -0.39 is 0 Å². The van der Waals surface area contributed by atoms with Gasteiger partial charge in [-0.1, -0.05) is 60.7 Å². The van der Waals surface area contributed by atoms with E-state index in [1.54, 1.807) is 4.68 Å². The van der Waals surface area contributed by atoms with Gasteiger partial charge in [-0.05, 0) is 18.1 Å². The highest BCUT2D eigenvalue weighted by atomic mass is 16.2. The van der Waals surface area contributed by atoms with Crippen molar-refractivity contribution in [3.05, 3.63) is 83.6 Å². The molecule has 0 aliphatic rings. The molecule has 3 aromatic rings. The first-order chi connectivity index (χ1) is 12.1. The number of nitrogens with one attached hydrogen (secondary N) is 2. The van der Waals surface area contributed by atoms with E-state index in [2.05, 4.69) is 40.0 Å². The zero-order valence-corrected chi connectivity index (χ0v) is 14.4. The van der Waals surface area contributed by atoms with E-state index in [4.69, 9.17) is 0 Å². The molecule has 1 aromatic heterocycles. The lowest BCUT2D eigenvalue weighted by molar-refractivity contribution is -0.115. The Morgan fingerprint density at radius 2 is 1.60 bits per heavy atom. The molecule has 0 aliphatic heterocycles. The van der Waals surface area contributed by atoms with Gasteiger partial charge in [-0.2, -0.15) is 5.10 Å². The largest absolute Gasteiger partial charge is 0.310 e. The van der Waals surface area contributed by atoms with E-state index in [1.807, 2.05) is 56.4 Å². The number of carbonyl (C=O) groups is 1. The molecule has 0 saturated carbocycles. The van der Waals surface area contributed by atoms with Crippen molar-refractivity contribution in [1.82, 2.24) is 15.1 Å². The maximum Gasteiger partial charge on any atom is 0.239 e. The molecule has 2 N–H and O–H groups in total. The highest BCUT2D eigenvalue weighted by Gasteiger charge is 2.15. The number of hydrogen-bond donors (Lipinski definition) is 2. The lowest BCUT2D eigenvalue weighted by atomic mass is 9.99. The van der Waals surface area contributed by atoms with E-state index in [-0.39, 0.29) is 18.5 Å². The fraction of sp³-hybridized carbons (Fsp3) is 0.200. The number of carbonyl (C=O) groups excluding carboxylic acids is 1. The maximum absolute atomic E-state index is 12.3. The van der Waals surface area contributed by atoms with Gasteiger partial charge in [0, 0.05) is 13.1 Å². The van der Waals surface area contributed by atoms with Gasteiger partial charge in [0.1, 0.15) is 5.82 Å². The van der Waals surface area contributed by atoms with Crippen LogP contribution in [0.5, 0.6) is 0 Å². The average molecular weight is 334 g/mol. The first kappa shape index (κ1) is 16.9. The quantitative estimate of drug-likeness (QED) is 0.728. The predicted octanol–water partition coefficient (Wildman–Crippen LogP) is 3.05. The average Bonchev–Trinajstić information content (AvgIpc) is 2.94. The van der Waals surface area contributed by atoms with Gasteiger partial charge in [0.15, 0.2) is 0 Å². The Kier molecular flexibility index (Phi) is 5.26. The monoisotopic (exact) mass is 334 g/mol. The predicted molar refractivity (Wildman–Crippen MR) is 99.3 cm³/mol. The van der Waals surface area contributed by atoms with Gasteiger partial charge in [0.2, 0.25) is 5.91 Å². The van der Waals surface area contributed by atoms with Crippen molar-refractivity contribution in [1.29, 1.82) is 0 Å². The van der Waals surface area contributed by atoms with Crippen molar-refractivity contribution >= 4 is 11.7 Å². The number of aromatic nitrogens is 2. The van der Waals surface area contributed by atoms with E-state index in [9.17, 15) is 4.79 Å². The molecule has 5 heteroatoms. The lowest BCUT2D eigenvalue weighted by Gasteiger charge is -2.19. The number of benzene rings is 2. The molecule has 0 atom stereocenters. The number of nitrogens with zero attached hydrogens (tertiary/aromatic N) is 2. The molecule has 2 aromatic carbocycles. The standard InChI is InChI=1S/C20H22N4O/c1-15-13-18(24(2)23-15)22-19(25)14-21-20(16-9-5-3-6-10-16)17-11-7-4-8-12-17/h3-13,20-21H,14H2,1-2H3,(H,22,25). The zero-order chi connectivity index (χ0) is 17.6. The van der Waals surface area contributed by atoms with Crippen LogP contribution in [0.4, 0.5) is 5.82 Å². The second kappa shape index (κ2) is 7.77. The van der Waals surface area contributed by atoms with Crippen molar-refractivity contribution < 1.29 is 4.79 Å². The first-order valence-electron chi connectivity index (χ1n) is 8.27. The van der Waals surface area contributed by atoms with Crippen LogP contribution in [0.1, 0.15) is 22.9 Å². The van der Waals surface area contributed by atoms with Crippen molar-refractivity contribution in [3.8, 4) is 0 Å². The molecule has 0 unspecified atom stereocenters. The van der Waals surface area contributed by atoms with E-state index >= 15 is 0 Å². The van der Waals surface area contributed by atoms with Crippen molar-refractivity contribution in [2.24, 2.45) is 7.05 Å². The molecule has 0 fully saturated rings. The lowest BCUT2D eigenvalue weighted by Crippen LogP contribution is -2.32. The van der Waals surface area contributed by atoms with Crippen LogP contribution >= 0.6 is 0 Å². The van der Waals surface area contributed by atoms with Crippen LogP contribution in [-0.2, 0) is 11.8 Å². The van der Waals surface area contributed by atoms with Gasteiger partial charge in [-0.3, -0.25) is 14.8 Å². The van der Waals surface area contributed by atoms with E-state index in [0.29, 0.717) is 5.82 Å². The number of anilines is 1. The van der Waals surface area contributed by atoms with E-state index in [1.165, 1.54) is 0 Å². The minimum atomic E-state index is -0.0973. The fourth-order valence-electron chi connectivity index (χ4n) is 2.83. The summed E-state index contributed by atoms with van der Waals surface area (Å²) >= 11 is 0. The molecular formula is C20H22N4O. The topological polar surface area (TPSA) is 59.0 Å². The maximum atomic E-state index is 12.3. The molecule has 1 amide bonds. The molecule has 25 heavy (non-hydrogen) atoms. The summed E-state index contributed by atoms with van der Waals surface area (Å²) in [6.45, 7) is 2.10. The summed E-state index contributed by atoms with van der Waals surface area (Å²) in [4.78, 5) is 12.3. The van der Waals surface area contributed by atoms with Gasteiger partial charge in [-0.15, -0.1) is 0 Å². The second-order valence-corrected chi connectivity index (χ2v) is 5.98. The molecule has 5 nitrogen and oxygen atoms in total. The van der Waals surface area contributed by atoms with Crippen molar-refractivity contribution in [2.75, 3.05) is 11.9 Å². The van der Waals surface area contributed by atoms with Gasteiger partial charge in [0.25, 0.3) is 0 Å². The second-order valence-electron chi connectivity index (χ2n) is 5.98. The number of rotatable bonds is 6. The smallest absolute Gasteiger partial charge is 0.239 e. The molecule has 128 valence electrons. The van der Waals surface area contributed by atoms with Crippen molar-refractivity contribution in [2.45, 2.75) is 13.0 Å². The van der Waals surface area contributed by atoms with Crippen LogP contribution in [0.25, 0.3) is 0 Å². The Labute approximate surface area is 147 Å². The third-order valence-corrected chi connectivity index (χ3v) is 4.00. The minimum Gasteiger partial charge on any atom is -0.310 e. The Hall–Kier alpha value is -2.92. The molecule has 3 rings (SSSR count). The van der Waals surface area contributed by atoms with Crippen LogP contribution < -0.4 is 10.6 Å². The molecule has 0 spiro atoms. The Morgan fingerprint density at radius 3 is 2.08 bits per heavy atom. The summed E-state index contributed by atoms with van der Waals surface area (Å²) in [5.74, 6) is 0.597. The molecule has 0 radical (unpaired) electrons. The van der Waals surface area contributed by atoms with Crippen LogP contribution in [-0.4, -0.2) is 22.2 Å². The summed E-state index contributed by atoms with van der Waals surface area (Å²) in [6, 6.07) is 22.1. The molecule has 1 heterocycles. The Morgan fingerprint density at radius 1 is 1.04 bits per heavy atom. The third kappa shape index (κ3) is 4.33. The summed E-state index contributed by atoms with van der Waals surface area (Å²) in [6.07, 6.45) is 0. The molecular weight excluding hydrogens is 312 g/mol. The zero-order valence-electron chi connectivity index (χ0n) is 14.4. The number of aryl methyl sites for hydroxylation is 2. The number of amides is 1. The summed E-state index contributed by atoms with van der Waals surface area (Å²) in [7, 11) is 1.81. The Bertz CT molecular complexity index is 788.